The maximum absolute atomic E-state index is 12.8. The molecule has 1 atom stereocenters. The van der Waals surface area contributed by atoms with Gasteiger partial charge in [-0.2, -0.15) is 0 Å². The molecule has 5 heteroatoms. The normalized spacial score (nSPS) is 16.1. The van der Waals surface area contributed by atoms with Gasteiger partial charge in [-0.25, -0.2) is 9.18 Å². The van der Waals surface area contributed by atoms with Crippen LogP contribution in [0.1, 0.15) is 18.4 Å². The summed E-state index contributed by atoms with van der Waals surface area (Å²) in [5, 5.41) is 11.6. The van der Waals surface area contributed by atoms with E-state index in [2.05, 4.69) is 5.32 Å². The van der Waals surface area contributed by atoms with Gasteiger partial charge in [-0.05, 0) is 42.5 Å². The average molecular weight is 277 g/mol. The summed E-state index contributed by atoms with van der Waals surface area (Å²) >= 11 is 0. The summed E-state index contributed by atoms with van der Waals surface area (Å²) in [6.07, 6.45) is 5.48. The van der Waals surface area contributed by atoms with Crippen molar-refractivity contribution in [3.63, 3.8) is 0 Å². The minimum Gasteiger partial charge on any atom is -0.480 e. The maximum atomic E-state index is 12.8. The lowest BCUT2D eigenvalue weighted by molar-refractivity contribution is -0.141. The molecule has 0 aromatic heterocycles. The molecule has 1 unspecified atom stereocenters. The quantitative estimate of drug-likeness (QED) is 0.780. The van der Waals surface area contributed by atoms with Gasteiger partial charge < -0.3 is 10.4 Å². The number of carboxylic acid groups (broad SMARTS) is 1. The number of allylic oxidation sites excluding steroid dienone is 1. The molecule has 106 valence electrons. The molecule has 1 aromatic carbocycles. The highest BCUT2D eigenvalue weighted by atomic mass is 19.1. The molecule has 1 amide bonds. The summed E-state index contributed by atoms with van der Waals surface area (Å²) in [7, 11) is 0. The molecule has 2 rings (SSSR count). The topological polar surface area (TPSA) is 66.4 Å². The molecular weight excluding hydrogens is 261 g/mol. The molecular formula is C15H16FNO3. The van der Waals surface area contributed by atoms with Crippen LogP contribution in [0.4, 0.5) is 4.39 Å². The van der Waals surface area contributed by atoms with Gasteiger partial charge in [0.1, 0.15) is 11.9 Å². The lowest BCUT2D eigenvalue weighted by Crippen LogP contribution is -2.41. The molecule has 20 heavy (non-hydrogen) atoms. The number of halogens is 1. The number of amides is 1. The predicted octanol–water partition coefficient (Wildman–Crippen LogP) is 1.90. The Hall–Kier alpha value is -2.17. The van der Waals surface area contributed by atoms with Crippen molar-refractivity contribution in [3.8, 4) is 0 Å². The minimum atomic E-state index is -1.11. The fraction of sp³-hybridized carbons (Fsp3) is 0.333. The van der Waals surface area contributed by atoms with Gasteiger partial charge in [-0.3, -0.25) is 4.79 Å². The van der Waals surface area contributed by atoms with E-state index in [1.54, 1.807) is 6.08 Å². The summed E-state index contributed by atoms with van der Waals surface area (Å²) in [6.45, 7) is 0. The largest absolute Gasteiger partial charge is 0.480 e. The second kappa shape index (κ2) is 6.32. The van der Waals surface area contributed by atoms with Crippen LogP contribution < -0.4 is 5.32 Å². The molecule has 0 saturated heterocycles. The SMILES string of the molecule is O=C(/C=C/C1CC1)NC(Cc1ccc(F)cc1)C(=O)O. The second-order valence-electron chi connectivity index (χ2n) is 4.93. The van der Waals surface area contributed by atoms with E-state index in [4.69, 9.17) is 5.11 Å². The second-order valence-corrected chi connectivity index (χ2v) is 4.93. The molecule has 0 bridgehead atoms. The van der Waals surface area contributed by atoms with Crippen molar-refractivity contribution in [1.29, 1.82) is 0 Å². The first-order valence-corrected chi connectivity index (χ1v) is 6.50. The van der Waals surface area contributed by atoms with Crippen molar-refractivity contribution in [2.45, 2.75) is 25.3 Å². The lowest BCUT2D eigenvalue weighted by Gasteiger charge is -2.13. The fourth-order valence-corrected chi connectivity index (χ4v) is 1.79. The number of aliphatic carboxylic acids is 1. The summed E-state index contributed by atoms with van der Waals surface area (Å²) < 4.78 is 12.8. The highest BCUT2D eigenvalue weighted by Gasteiger charge is 2.21. The molecule has 2 N–H and O–H groups in total. The Labute approximate surface area is 116 Å². The van der Waals surface area contributed by atoms with Gasteiger partial charge in [-0.15, -0.1) is 0 Å². The first-order valence-electron chi connectivity index (χ1n) is 6.50. The molecule has 1 aliphatic carbocycles. The van der Waals surface area contributed by atoms with Gasteiger partial charge in [-0.1, -0.05) is 18.2 Å². The summed E-state index contributed by atoms with van der Waals surface area (Å²) in [5.41, 5.74) is 0.658. The number of benzene rings is 1. The molecule has 0 heterocycles. The van der Waals surface area contributed by atoms with Crippen LogP contribution in [0.5, 0.6) is 0 Å². The van der Waals surface area contributed by atoms with Crippen LogP contribution in [0.2, 0.25) is 0 Å². The van der Waals surface area contributed by atoms with Crippen molar-refractivity contribution in [2.24, 2.45) is 5.92 Å². The lowest BCUT2D eigenvalue weighted by atomic mass is 10.1. The first kappa shape index (κ1) is 14.2. The zero-order chi connectivity index (χ0) is 14.5. The Morgan fingerprint density at radius 1 is 1.35 bits per heavy atom. The minimum absolute atomic E-state index is 0.124. The number of rotatable bonds is 6. The molecule has 1 fully saturated rings. The predicted molar refractivity (Wildman–Crippen MR) is 71.5 cm³/mol. The van der Waals surface area contributed by atoms with Crippen LogP contribution in [-0.2, 0) is 16.0 Å². The van der Waals surface area contributed by atoms with Crippen molar-refractivity contribution < 1.29 is 19.1 Å². The Morgan fingerprint density at radius 3 is 2.55 bits per heavy atom. The number of carbonyl (C=O) groups excluding carboxylic acids is 1. The Balaban J connectivity index is 1.94. The van der Waals surface area contributed by atoms with E-state index in [-0.39, 0.29) is 12.2 Å². The molecule has 1 aliphatic rings. The van der Waals surface area contributed by atoms with Crippen LogP contribution in [0, 0.1) is 11.7 Å². The zero-order valence-corrected chi connectivity index (χ0v) is 10.9. The number of carbonyl (C=O) groups is 2. The van der Waals surface area contributed by atoms with Crippen molar-refractivity contribution in [3.05, 3.63) is 47.8 Å². The van der Waals surface area contributed by atoms with Gasteiger partial charge in [0.25, 0.3) is 0 Å². The average Bonchev–Trinajstić information content (AvgIpc) is 3.22. The van der Waals surface area contributed by atoms with E-state index in [1.807, 2.05) is 0 Å². The van der Waals surface area contributed by atoms with Crippen molar-refractivity contribution in [2.75, 3.05) is 0 Å². The van der Waals surface area contributed by atoms with Crippen LogP contribution in [0.25, 0.3) is 0 Å². The number of carboxylic acids is 1. The van der Waals surface area contributed by atoms with Crippen molar-refractivity contribution in [1.82, 2.24) is 5.32 Å². The summed E-state index contributed by atoms with van der Waals surface area (Å²) in [6, 6.07) is 4.54. The van der Waals surface area contributed by atoms with Crippen LogP contribution in [-0.4, -0.2) is 23.0 Å². The third-order valence-electron chi connectivity index (χ3n) is 3.11. The Bertz CT molecular complexity index is 520. The van der Waals surface area contributed by atoms with Crippen LogP contribution >= 0.6 is 0 Å². The van der Waals surface area contributed by atoms with Gasteiger partial charge >= 0.3 is 5.97 Å². The third-order valence-corrected chi connectivity index (χ3v) is 3.11. The third kappa shape index (κ3) is 4.50. The Kier molecular flexibility index (Phi) is 4.50. The van der Waals surface area contributed by atoms with Gasteiger partial charge in [0, 0.05) is 6.42 Å². The van der Waals surface area contributed by atoms with E-state index in [0.29, 0.717) is 11.5 Å². The van der Waals surface area contributed by atoms with Gasteiger partial charge in [0.2, 0.25) is 5.91 Å². The van der Waals surface area contributed by atoms with Gasteiger partial charge in [0.15, 0.2) is 0 Å². The monoisotopic (exact) mass is 277 g/mol. The molecule has 0 spiro atoms. The standard InChI is InChI=1S/C15H16FNO3/c16-12-6-3-11(4-7-12)9-13(15(19)20)17-14(18)8-5-10-1-2-10/h3-8,10,13H,1-2,9H2,(H,17,18)(H,19,20)/b8-5+. The van der Waals surface area contributed by atoms with Crippen LogP contribution in [0.15, 0.2) is 36.4 Å². The van der Waals surface area contributed by atoms with E-state index < -0.39 is 17.9 Å². The number of nitrogens with one attached hydrogen (secondary N) is 1. The fourth-order valence-electron chi connectivity index (χ4n) is 1.79. The van der Waals surface area contributed by atoms with E-state index >= 15 is 0 Å². The van der Waals surface area contributed by atoms with Gasteiger partial charge in [0.05, 0.1) is 0 Å². The highest BCUT2D eigenvalue weighted by molar-refractivity contribution is 5.91. The molecule has 0 radical (unpaired) electrons. The van der Waals surface area contributed by atoms with Crippen LogP contribution in [0.3, 0.4) is 0 Å². The summed E-state index contributed by atoms with van der Waals surface area (Å²) in [4.78, 5) is 22.8. The van der Waals surface area contributed by atoms with E-state index in [9.17, 15) is 14.0 Å². The van der Waals surface area contributed by atoms with E-state index in [0.717, 1.165) is 12.8 Å². The number of hydrogen-bond donors (Lipinski definition) is 2. The molecule has 1 aromatic rings. The van der Waals surface area contributed by atoms with E-state index in [1.165, 1.54) is 30.3 Å². The highest BCUT2D eigenvalue weighted by Crippen LogP contribution is 2.29. The first-order chi connectivity index (χ1) is 9.54. The molecule has 4 nitrogen and oxygen atoms in total. The van der Waals surface area contributed by atoms with Crippen molar-refractivity contribution >= 4 is 11.9 Å². The molecule has 0 aliphatic heterocycles. The zero-order valence-electron chi connectivity index (χ0n) is 10.9. The summed E-state index contributed by atoms with van der Waals surface area (Å²) in [5.74, 6) is -1.44. The Morgan fingerprint density at radius 2 is 2.00 bits per heavy atom. The number of hydrogen-bond acceptors (Lipinski definition) is 2. The maximum Gasteiger partial charge on any atom is 0.326 e. The molecule has 1 saturated carbocycles. The smallest absolute Gasteiger partial charge is 0.326 e.